The summed E-state index contributed by atoms with van der Waals surface area (Å²) in [6.45, 7) is 5.04. The third-order valence-corrected chi connectivity index (χ3v) is 5.59. The number of ether oxygens (including phenoxy) is 1. The molecule has 1 amide bonds. The summed E-state index contributed by atoms with van der Waals surface area (Å²) in [6, 6.07) is 2.42. The maximum absolute atomic E-state index is 12.4. The Bertz CT molecular complexity index is 606. The fourth-order valence-corrected chi connectivity index (χ4v) is 4.04. The van der Waals surface area contributed by atoms with E-state index in [9.17, 15) is 4.79 Å². The van der Waals surface area contributed by atoms with E-state index in [0.29, 0.717) is 19.2 Å². The summed E-state index contributed by atoms with van der Waals surface area (Å²) in [7, 11) is 3.53. The van der Waals surface area contributed by atoms with Crippen LogP contribution in [-0.2, 0) is 9.53 Å². The van der Waals surface area contributed by atoms with Gasteiger partial charge in [-0.3, -0.25) is 9.69 Å². The molecule has 27 heavy (non-hydrogen) atoms. The van der Waals surface area contributed by atoms with Gasteiger partial charge in [0.15, 0.2) is 0 Å². The molecule has 1 aromatic rings. The molecule has 8 heteroatoms. The predicted molar refractivity (Wildman–Crippen MR) is 106 cm³/mol. The molecule has 0 aromatic carbocycles. The molecule has 2 saturated heterocycles. The Hall–Kier alpha value is -1.93. The van der Waals surface area contributed by atoms with E-state index < -0.39 is 0 Å². The average molecular weight is 377 g/mol. The van der Waals surface area contributed by atoms with Crippen LogP contribution in [0, 0.1) is 5.92 Å². The number of carbonyl (C=O) groups is 1. The lowest BCUT2D eigenvalue weighted by molar-refractivity contribution is -0.127. The molecule has 150 valence electrons. The second-order valence-electron chi connectivity index (χ2n) is 7.33. The van der Waals surface area contributed by atoms with Crippen molar-refractivity contribution in [3.63, 3.8) is 0 Å². The van der Waals surface area contributed by atoms with Crippen molar-refractivity contribution in [2.45, 2.75) is 31.7 Å². The highest BCUT2D eigenvalue weighted by atomic mass is 16.5. The number of aromatic nitrogens is 2. The van der Waals surface area contributed by atoms with Crippen molar-refractivity contribution in [1.82, 2.24) is 20.2 Å². The first-order valence-corrected chi connectivity index (χ1v) is 9.97. The fourth-order valence-electron chi connectivity index (χ4n) is 4.04. The molecule has 0 saturated carbocycles. The van der Waals surface area contributed by atoms with Gasteiger partial charge in [-0.05, 0) is 38.3 Å². The van der Waals surface area contributed by atoms with Crippen LogP contribution >= 0.6 is 0 Å². The lowest BCUT2D eigenvalue weighted by atomic mass is 9.93. The molecule has 1 aromatic heterocycles. The van der Waals surface area contributed by atoms with Gasteiger partial charge in [-0.1, -0.05) is 0 Å². The van der Waals surface area contributed by atoms with E-state index >= 15 is 0 Å². The molecule has 2 fully saturated rings. The molecule has 2 aliphatic rings. The van der Waals surface area contributed by atoms with Crippen LogP contribution in [0.5, 0.6) is 0 Å². The minimum absolute atomic E-state index is 0.101. The molecule has 0 spiro atoms. The van der Waals surface area contributed by atoms with Crippen molar-refractivity contribution in [2.24, 2.45) is 5.92 Å². The Kier molecular flexibility index (Phi) is 7.23. The molecule has 1 atom stereocenters. The van der Waals surface area contributed by atoms with Gasteiger partial charge >= 0.3 is 0 Å². The normalized spacial score (nSPS) is 21.9. The number of hydrogen-bond acceptors (Lipinski definition) is 7. The highest BCUT2D eigenvalue weighted by Crippen LogP contribution is 2.25. The van der Waals surface area contributed by atoms with Gasteiger partial charge in [0.25, 0.3) is 0 Å². The monoisotopic (exact) mass is 376 g/mol. The van der Waals surface area contributed by atoms with Crippen LogP contribution in [0.4, 0.5) is 11.8 Å². The first kappa shape index (κ1) is 19.8. The van der Waals surface area contributed by atoms with Crippen molar-refractivity contribution >= 4 is 17.7 Å². The Morgan fingerprint density at radius 3 is 2.85 bits per heavy atom. The van der Waals surface area contributed by atoms with Crippen LogP contribution in [0.15, 0.2) is 12.3 Å². The summed E-state index contributed by atoms with van der Waals surface area (Å²) in [5.41, 5.74) is 0. The van der Waals surface area contributed by atoms with Gasteiger partial charge in [-0.15, -0.1) is 0 Å². The third kappa shape index (κ3) is 5.29. The van der Waals surface area contributed by atoms with Crippen molar-refractivity contribution in [3.8, 4) is 0 Å². The fraction of sp³-hybridized carbons (Fsp3) is 0.737. The summed E-state index contributed by atoms with van der Waals surface area (Å²) < 4.78 is 5.01. The van der Waals surface area contributed by atoms with Crippen LogP contribution in [-0.4, -0.2) is 80.3 Å². The highest BCUT2D eigenvalue weighted by molar-refractivity contribution is 5.78. The summed E-state index contributed by atoms with van der Waals surface area (Å²) >= 11 is 0. The van der Waals surface area contributed by atoms with Crippen molar-refractivity contribution in [2.75, 3.05) is 63.7 Å². The average Bonchev–Trinajstić information content (AvgIpc) is 2.74. The zero-order valence-electron chi connectivity index (χ0n) is 16.5. The third-order valence-electron chi connectivity index (χ3n) is 5.59. The van der Waals surface area contributed by atoms with E-state index in [1.807, 2.05) is 13.1 Å². The minimum Gasteiger partial charge on any atom is -0.383 e. The molecular weight excluding hydrogens is 344 g/mol. The lowest BCUT2D eigenvalue weighted by Gasteiger charge is -2.42. The van der Waals surface area contributed by atoms with E-state index in [-0.39, 0.29) is 11.8 Å². The van der Waals surface area contributed by atoms with Crippen molar-refractivity contribution in [3.05, 3.63) is 12.3 Å². The van der Waals surface area contributed by atoms with Gasteiger partial charge < -0.3 is 20.3 Å². The first-order valence-electron chi connectivity index (χ1n) is 9.97. The molecular formula is C19H32N6O2. The first-order chi connectivity index (χ1) is 13.2. The van der Waals surface area contributed by atoms with Gasteiger partial charge in [0.1, 0.15) is 5.82 Å². The number of hydrogen-bond donors (Lipinski definition) is 2. The number of nitrogens with one attached hydrogen (secondary N) is 2. The second-order valence-corrected chi connectivity index (χ2v) is 7.33. The van der Waals surface area contributed by atoms with E-state index in [1.165, 1.54) is 0 Å². The topological polar surface area (TPSA) is 82.6 Å². The van der Waals surface area contributed by atoms with Crippen molar-refractivity contribution in [1.29, 1.82) is 0 Å². The number of nitrogens with zero attached hydrogens (tertiary/aromatic N) is 4. The van der Waals surface area contributed by atoms with Crippen LogP contribution in [0.1, 0.15) is 25.7 Å². The molecule has 3 rings (SSSR count). The van der Waals surface area contributed by atoms with Crippen LogP contribution in [0.25, 0.3) is 0 Å². The summed E-state index contributed by atoms with van der Waals surface area (Å²) in [5, 5.41) is 6.06. The number of piperidine rings is 2. The maximum atomic E-state index is 12.4. The number of likely N-dealkylation sites (tertiary alicyclic amines) is 1. The number of anilines is 2. The number of methoxy groups -OCH3 is 1. The smallest absolute Gasteiger partial charge is 0.227 e. The van der Waals surface area contributed by atoms with Crippen LogP contribution in [0.2, 0.25) is 0 Å². The van der Waals surface area contributed by atoms with Crippen LogP contribution < -0.4 is 15.5 Å². The largest absolute Gasteiger partial charge is 0.383 e. The molecule has 0 unspecified atom stereocenters. The Morgan fingerprint density at radius 1 is 1.30 bits per heavy atom. The SMILES string of the molecule is CNc1ccnc(N2CCC(N3CCC[C@@H](C(=O)NCCOC)C3)CC2)n1. The minimum atomic E-state index is 0.101. The Labute approximate surface area is 161 Å². The van der Waals surface area contributed by atoms with Gasteiger partial charge in [0.05, 0.1) is 12.5 Å². The van der Waals surface area contributed by atoms with Gasteiger partial charge in [-0.2, -0.15) is 4.98 Å². The quantitative estimate of drug-likeness (QED) is 0.686. The van der Waals surface area contributed by atoms with E-state index in [2.05, 4.69) is 30.4 Å². The van der Waals surface area contributed by atoms with Crippen LogP contribution in [0.3, 0.4) is 0 Å². The molecule has 0 bridgehead atoms. The number of carbonyl (C=O) groups excluding carboxylic acids is 1. The summed E-state index contributed by atoms with van der Waals surface area (Å²) in [5.74, 6) is 1.92. The lowest BCUT2D eigenvalue weighted by Crippen LogP contribution is -2.51. The summed E-state index contributed by atoms with van der Waals surface area (Å²) in [4.78, 5) is 26.1. The highest BCUT2D eigenvalue weighted by Gasteiger charge is 2.32. The number of amides is 1. The molecule has 8 nitrogen and oxygen atoms in total. The Balaban J connectivity index is 1.49. The molecule has 2 aliphatic heterocycles. The van der Waals surface area contributed by atoms with E-state index in [1.54, 1.807) is 13.3 Å². The van der Waals surface area contributed by atoms with E-state index in [0.717, 1.165) is 63.6 Å². The number of rotatable bonds is 7. The van der Waals surface area contributed by atoms with Gasteiger partial charge in [0.2, 0.25) is 11.9 Å². The zero-order chi connectivity index (χ0) is 19.1. The molecule has 0 aliphatic carbocycles. The summed E-state index contributed by atoms with van der Waals surface area (Å²) in [6.07, 6.45) is 6.06. The molecule has 3 heterocycles. The Morgan fingerprint density at radius 2 is 2.11 bits per heavy atom. The predicted octanol–water partition coefficient (Wildman–Crippen LogP) is 0.962. The zero-order valence-corrected chi connectivity index (χ0v) is 16.5. The van der Waals surface area contributed by atoms with Gasteiger partial charge in [0, 0.05) is 52.6 Å². The standard InChI is InChI=1S/C19H32N6O2/c1-20-17-5-8-22-19(23-17)24-11-6-16(7-12-24)25-10-3-4-15(14-25)18(26)21-9-13-27-2/h5,8,15-16H,3-4,6-7,9-14H2,1-2H3,(H,21,26)(H,20,22,23)/t15-/m1/s1. The molecule has 0 radical (unpaired) electrons. The van der Waals surface area contributed by atoms with Crippen molar-refractivity contribution < 1.29 is 9.53 Å². The molecule has 2 N–H and O–H groups in total. The van der Waals surface area contributed by atoms with E-state index in [4.69, 9.17) is 4.74 Å². The van der Waals surface area contributed by atoms with Gasteiger partial charge in [-0.25, -0.2) is 4.98 Å². The maximum Gasteiger partial charge on any atom is 0.227 e. The second kappa shape index (κ2) is 9.85.